The highest BCUT2D eigenvalue weighted by atomic mass is 16.5. The molecular weight excluding hydrogens is 274 g/mol. The normalized spacial score (nSPS) is 17.6. The molecule has 1 aliphatic rings. The fraction of sp³-hybridized carbons (Fsp3) is 0.933. The first kappa shape index (κ1) is 18.4. The minimum atomic E-state index is -0.801. The van der Waals surface area contributed by atoms with Gasteiger partial charge in [-0.15, -0.1) is 0 Å². The van der Waals surface area contributed by atoms with Gasteiger partial charge in [0, 0.05) is 19.8 Å². The number of carbonyl (C=O) groups is 1. The predicted octanol–water partition coefficient (Wildman–Crippen LogP) is 1.43. The zero-order valence-electron chi connectivity index (χ0n) is 13.2. The minimum absolute atomic E-state index is 0.395. The van der Waals surface area contributed by atoms with Crippen molar-refractivity contribution in [1.29, 1.82) is 0 Å². The maximum Gasteiger partial charge on any atom is 0.323 e. The Balaban J connectivity index is 1.97. The van der Waals surface area contributed by atoms with E-state index in [1.165, 1.54) is 0 Å². The molecule has 21 heavy (non-hydrogen) atoms. The number of carboxylic acid groups (broad SMARTS) is 1. The smallest absolute Gasteiger partial charge is 0.323 e. The summed E-state index contributed by atoms with van der Waals surface area (Å²) >= 11 is 0. The minimum Gasteiger partial charge on any atom is -0.480 e. The van der Waals surface area contributed by atoms with E-state index in [1.54, 1.807) is 14.0 Å². The number of unbranched alkanes of at least 4 members (excludes halogenated alkanes) is 1. The Morgan fingerprint density at radius 3 is 2.33 bits per heavy atom. The van der Waals surface area contributed by atoms with Gasteiger partial charge in [-0.25, -0.2) is 0 Å². The molecule has 0 amide bonds. The molecule has 6 heteroatoms. The molecule has 0 aromatic carbocycles. The molecule has 1 aliphatic carbocycles. The number of rotatable bonds is 14. The average molecular weight is 303 g/mol. The lowest BCUT2D eigenvalue weighted by Crippen LogP contribution is -2.50. The van der Waals surface area contributed by atoms with Crippen LogP contribution < -0.4 is 5.32 Å². The average Bonchev–Trinajstić information content (AvgIpc) is 3.24. The molecule has 1 fully saturated rings. The van der Waals surface area contributed by atoms with Gasteiger partial charge in [0.05, 0.1) is 26.4 Å². The molecule has 2 N–H and O–H groups in total. The summed E-state index contributed by atoms with van der Waals surface area (Å²) in [6.07, 6.45) is 4.52. The van der Waals surface area contributed by atoms with Gasteiger partial charge in [-0.1, -0.05) is 0 Å². The molecule has 1 unspecified atom stereocenters. The van der Waals surface area contributed by atoms with E-state index in [0.29, 0.717) is 45.5 Å². The van der Waals surface area contributed by atoms with Gasteiger partial charge in [0.1, 0.15) is 5.54 Å². The molecular formula is C15H29NO5. The lowest BCUT2D eigenvalue weighted by molar-refractivity contribution is -0.144. The second-order valence-electron chi connectivity index (χ2n) is 5.73. The molecule has 0 aliphatic heterocycles. The fourth-order valence-corrected chi connectivity index (χ4v) is 2.07. The SMILES string of the molecule is COCCOCCOCCCCC(C)(NC1CC1)C(=O)O. The summed E-state index contributed by atoms with van der Waals surface area (Å²) in [5.74, 6) is -0.762. The van der Waals surface area contributed by atoms with Gasteiger partial charge in [0.2, 0.25) is 0 Å². The second kappa shape index (κ2) is 10.1. The van der Waals surface area contributed by atoms with Crippen molar-refractivity contribution in [3.8, 4) is 0 Å². The highest BCUT2D eigenvalue weighted by molar-refractivity contribution is 5.78. The monoisotopic (exact) mass is 303 g/mol. The zero-order valence-corrected chi connectivity index (χ0v) is 13.2. The number of ether oxygens (including phenoxy) is 3. The molecule has 0 bridgehead atoms. The standard InChI is InChI=1S/C15H29NO5/c1-15(14(17)18,16-13-5-6-13)7-3-4-8-20-11-12-21-10-9-19-2/h13,16H,3-12H2,1-2H3,(H,17,18). The zero-order chi connectivity index (χ0) is 15.6. The molecule has 0 radical (unpaired) electrons. The maximum absolute atomic E-state index is 11.4. The van der Waals surface area contributed by atoms with Crippen molar-refractivity contribution in [3.63, 3.8) is 0 Å². The van der Waals surface area contributed by atoms with Crippen LogP contribution in [-0.2, 0) is 19.0 Å². The maximum atomic E-state index is 11.4. The molecule has 124 valence electrons. The molecule has 1 atom stereocenters. The van der Waals surface area contributed by atoms with Gasteiger partial charge in [-0.2, -0.15) is 0 Å². The lowest BCUT2D eigenvalue weighted by atomic mass is 9.95. The van der Waals surface area contributed by atoms with Crippen molar-refractivity contribution in [1.82, 2.24) is 5.32 Å². The Morgan fingerprint density at radius 1 is 1.14 bits per heavy atom. The van der Waals surface area contributed by atoms with E-state index in [4.69, 9.17) is 14.2 Å². The summed E-state index contributed by atoms with van der Waals surface area (Å²) in [4.78, 5) is 11.4. The Hall–Kier alpha value is -0.690. The van der Waals surface area contributed by atoms with Crippen LogP contribution in [0.5, 0.6) is 0 Å². The van der Waals surface area contributed by atoms with Crippen LogP contribution in [0.1, 0.15) is 39.0 Å². The predicted molar refractivity (Wildman–Crippen MR) is 79.6 cm³/mol. The fourth-order valence-electron chi connectivity index (χ4n) is 2.07. The molecule has 0 saturated heterocycles. The molecule has 6 nitrogen and oxygen atoms in total. The Morgan fingerprint density at radius 2 is 1.76 bits per heavy atom. The molecule has 1 rings (SSSR count). The summed E-state index contributed by atoms with van der Waals surface area (Å²) in [6, 6.07) is 0.395. The number of methoxy groups -OCH3 is 1. The van der Waals surface area contributed by atoms with Crippen molar-refractivity contribution < 1.29 is 24.1 Å². The largest absolute Gasteiger partial charge is 0.480 e. The van der Waals surface area contributed by atoms with Gasteiger partial charge in [-0.3, -0.25) is 10.1 Å². The first-order valence-electron chi connectivity index (χ1n) is 7.74. The Kier molecular flexibility index (Phi) is 8.84. The van der Waals surface area contributed by atoms with Crippen LogP contribution in [0, 0.1) is 0 Å². The Bertz CT molecular complexity index is 296. The van der Waals surface area contributed by atoms with Gasteiger partial charge in [0.25, 0.3) is 0 Å². The van der Waals surface area contributed by atoms with Crippen LogP contribution in [0.2, 0.25) is 0 Å². The van der Waals surface area contributed by atoms with E-state index in [2.05, 4.69) is 5.32 Å². The van der Waals surface area contributed by atoms with Crippen LogP contribution in [0.3, 0.4) is 0 Å². The molecule has 0 spiro atoms. The van der Waals surface area contributed by atoms with E-state index in [0.717, 1.165) is 25.7 Å². The van der Waals surface area contributed by atoms with Gasteiger partial charge in [-0.05, 0) is 39.0 Å². The van der Waals surface area contributed by atoms with Gasteiger partial charge >= 0.3 is 5.97 Å². The second-order valence-corrected chi connectivity index (χ2v) is 5.73. The van der Waals surface area contributed by atoms with Crippen LogP contribution in [0.15, 0.2) is 0 Å². The number of hydrogen-bond acceptors (Lipinski definition) is 5. The highest BCUT2D eigenvalue weighted by Crippen LogP contribution is 2.25. The molecule has 0 aromatic rings. The Labute approximate surface area is 127 Å². The van der Waals surface area contributed by atoms with Crippen LogP contribution >= 0.6 is 0 Å². The number of hydrogen-bond donors (Lipinski definition) is 2. The summed E-state index contributed by atoms with van der Waals surface area (Å²) in [6.45, 7) is 4.75. The van der Waals surface area contributed by atoms with Crippen LogP contribution in [-0.4, -0.2) is 62.8 Å². The van der Waals surface area contributed by atoms with Gasteiger partial charge in [0.15, 0.2) is 0 Å². The van der Waals surface area contributed by atoms with E-state index in [1.807, 2.05) is 0 Å². The molecule has 0 heterocycles. The van der Waals surface area contributed by atoms with E-state index < -0.39 is 11.5 Å². The number of nitrogens with one attached hydrogen (secondary N) is 1. The third kappa shape index (κ3) is 8.36. The first-order chi connectivity index (χ1) is 10.1. The molecule has 1 saturated carbocycles. The third-order valence-electron chi connectivity index (χ3n) is 3.59. The first-order valence-corrected chi connectivity index (χ1v) is 7.74. The topological polar surface area (TPSA) is 77.0 Å². The van der Waals surface area contributed by atoms with Crippen molar-refractivity contribution in [2.75, 3.05) is 40.1 Å². The lowest BCUT2D eigenvalue weighted by Gasteiger charge is -2.26. The summed E-state index contributed by atoms with van der Waals surface area (Å²) < 4.78 is 15.6. The highest BCUT2D eigenvalue weighted by Gasteiger charge is 2.37. The van der Waals surface area contributed by atoms with Crippen molar-refractivity contribution in [2.45, 2.75) is 50.6 Å². The third-order valence-corrected chi connectivity index (χ3v) is 3.59. The van der Waals surface area contributed by atoms with Crippen molar-refractivity contribution in [2.24, 2.45) is 0 Å². The summed E-state index contributed by atoms with van der Waals surface area (Å²) in [5.41, 5.74) is -0.801. The number of carboxylic acids is 1. The van der Waals surface area contributed by atoms with Crippen LogP contribution in [0.4, 0.5) is 0 Å². The summed E-state index contributed by atoms with van der Waals surface area (Å²) in [7, 11) is 1.64. The summed E-state index contributed by atoms with van der Waals surface area (Å²) in [5, 5.41) is 12.6. The molecule has 0 aromatic heterocycles. The quantitative estimate of drug-likeness (QED) is 0.473. The van der Waals surface area contributed by atoms with Gasteiger partial charge < -0.3 is 19.3 Å². The van der Waals surface area contributed by atoms with Crippen molar-refractivity contribution in [3.05, 3.63) is 0 Å². The van der Waals surface area contributed by atoms with E-state index in [9.17, 15) is 9.90 Å². The van der Waals surface area contributed by atoms with Crippen LogP contribution in [0.25, 0.3) is 0 Å². The van der Waals surface area contributed by atoms with E-state index in [-0.39, 0.29) is 0 Å². The van der Waals surface area contributed by atoms with Crippen molar-refractivity contribution >= 4 is 5.97 Å². The number of aliphatic carboxylic acids is 1. The van der Waals surface area contributed by atoms with E-state index >= 15 is 0 Å².